The first-order valence-corrected chi connectivity index (χ1v) is 7.37. The molecule has 1 saturated heterocycles. The molecule has 100 valence electrons. The van der Waals surface area contributed by atoms with Crippen LogP contribution in [0.15, 0.2) is 0 Å². The Bertz CT molecular complexity index is 222. The van der Waals surface area contributed by atoms with Crippen molar-refractivity contribution in [2.24, 2.45) is 11.7 Å². The van der Waals surface area contributed by atoms with E-state index in [4.69, 9.17) is 10.5 Å². The van der Waals surface area contributed by atoms with E-state index in [1.807, 2.05) is 0 Å². The fourth-order valence-corrected chi connectivity index (χ4v) is 3.09. The number of hydrogen-bond acceptors (Lipinski definition) is 3. The van der Waals surface area contributed by atoms with Gasteiger partial charge in [0.05, 0.1) is 12.2 Å². The van der Waals surface area contributed by atoms with Crippen LogP contribution in [0.2, 0.25) is 0 Å². The average molecular weight is 240 g/mol. The number of hydrogen-bond donors (Lipinski definition) is 2. The zero-order valence-electron chi connectivity index (χ0n) is 11.2. The van der Waals surface area contributed by atoms with Crippen molar-refractivity contribution in [1.82, 2.24) is 5.32 Å². The Labute approximate surface area is 105 Å². The molecule has 3 heteroatoms. The summed E-state index contributed by atoms with van der Waals surface area (Å²) in [6.07, 6.45) is 9.91. The van der Waals surface area contributed by atoms with Crippen molar-refractivity contribution in [1.29, 1.82) is 0 Å². The lowest BCUT2D eigenvalue weighted by Gasteiger charge is -2.19. The molecule has 4 atom stereocenters. The number of ether oxygens (including phenoxy) is 1. The first kappa shape index (κ1) is 13.3. The first-order valence-electron chi connectivity index (χ1n) is 7.37. The Morgan fingerprint density at radius 1 is 1.06 bits per heavy atom. The van der Waals surface area contributed by atoms with E-state index in [1.165, 1.54) is 38.5 Å². The quantitative estimate of drug-likeness (QED) is 0.739. The molecule has 2 fully saturated rings. The topological polar surface area (TPSA) is 47.3 Å². The molecule has 0 radical (unpaired) electrons. The normalized spacial score (nSPS) is 39.2. The van der Waals surface area contributed by atoms with Gasteiger partial charge in [0.1, 0.15) is 0 Å². The maximum atomic E-state index is 5.87. The van der Waals surface area contributed by atoms with Gasteiger partial charge in [-0.05, 0) is 38.0 Å². The van der Waals surface area contributed by atoms with Gasteiger partial charge >= 0.3 is 0 Å². The fraction of sp³-hybridized carbons (Fsp3) is 1.00. The third-order valence-corrected chi connectivity index (χ3v) is 4.35. The number of nitrogens with two attached hydrogens (primary N) is 1. The molecule has 2 aliphatic rings. The Morgan fingerprint density at radius 3 is 2.65 bits per heavy atom. The summed E-state index contributed by atoms with van der Waals surface area (Å²) >= 11 is 0. The summed E-state index contributed by atoms with van der Waals surface area (Å²) in [5, 5.41) is 3.70. The summed E-state index contributed by atoms with van der Waals surface area (Å²) < 4.78 is 5.87. The highest BCUT2D eigenvalue weighted by molar-refractivity contribution is 4.79. The molecule has 4 unspecified atom stereocenters. The summed E-state index contributed by atoms with van der Waals surface area (Å²) in [6, 6.07) is 0.723. The molecule has 1 aliphatic carbocycles. The minimum absolute atomic E-state index is 0.316. The van der Waals surface area contributed by atoms with E-state index in [0.717, 1.165) is 24.9 Å². The van der Waals surface area contributed by atoms with Crippen LogP contribution in [0.3, 0.4) is 0 Å². The molecule has 1 aliphatic heterocycles. The van der Waals surface area contributed by atoms with E-state index < -0.39 is 0 Å². The van der Waals surface area contributed by atoms with Crippen molar-refractivity contribution in [3.63, 3.8) is 0 Å². The first-order chi connectivity index (χ1) is 8.28. The van der Waals surface area contributed by atoms with Crippen molar-refractivity contribution in [3.8, 4) is 0 Å². The minimum Gasteiger partial charge on any atom is -0.372 e. The molecular formula is C14H28N2O. The Morgan fingerprint density at radius 2 is 1.88 bits per heavy atom. The van der Waals surface area contributed by atoms with Crippen LogP contribution < -0.4 is 11.1 Å². The van der Waals surface area contributed by atoms with Crippen LogP contribution in [0, 0.1) is 5.92 Å². The molecule has 0 aromatic heterocycles. The van der Waals surface area contributed by atoms with Crippen molar-refractivity contribution in [2.45, 2.75) is 70.1 Å². The lowest BCUT2D eigenvalue weighted by molar-refractivity contribution is 0.0485. The Kier molecular flexibility index (Phi) is 5.26. The van der Waals surface area contributed by atoms with Gasteiger partial charge in [0, 0.05) is 19.1 Å². The van der Waals surface area contributed by atoms with Crippen molar-refractivity contribution in [3.05, 3.63) is 0 Å². The zero-order chi connectivity index (χ0) is 12.1. The summed E-state index contributed by atoms with van der Waals surface area (Å²) in [6.45, 7) is 4.08. The molecule has 3 N–H and O–H groups in total. The van der Waals surface area contributed by atoms with Gasteiger partial charge in [-0.3, -0.25) is 0 Å². The summed E-state index contributed by atoms with van der Waals surface area (Å²) in [4.78, 5) is 0. The van der Waals surface area contributed by atoms with Crippen LogP contribution in [-0.2, 0) is 4.74 Å². The van der Waals surface area contributed by atoms with Crippen LogP contribution in [0.5, 0.6) is 0 Å². The van der Waals surface area contributed by atoms with Crippen molar-refractivity contribution >= 4 is 0 Å². The molecule has 0 aromatic rings. The minimum atomic E-state index is 0.316. The molecule has 0 spiro atoms. The summed E-state index contributed by atoms with van der Waals surface area (Å²) in [5.74, 6) is 0.922. The van der Waals surface area contributed by atoms with Crippen molar-refractivity contribution in [2.75, 3.05) is 13.1 Å². The monoisotopic (exact) mass is 240 g/mol. The predicted molar refractivity (Wildman–Crippen MR) is 71.0 cm³/mol. The molecule has 17 heavy (non-hydrogen) atoms. The maximum Gasteiger partial charge on any atom is 0.0704 e. The number of nitrogens with one attached hydrogen (secondary N) is 1. The van der Waals surface area contributed by atoms with Gasteiger partial charge in [0.15, 0.2) is 0 Å². The van der Waals surface area contributed by atoms with E-state index in [-0.39, 0.29) is 0 Å². The lowest BCUT2D eigenvalue weighted by Crippen LogP contribution is -2.36. The van der Waals surface area contributed by atoms with Crippen molar-refractivity contribution < 1.29 is 4.74 Å². The van der Waals surface area contributed by atoms with Gasteiger partial charge in [-0.2, -0.15) is 0 Å². The Balaban J connectivity index is 1.64. The molecule has 0 amide bonds. The average Bonchev–Trinajstić information content (AvgIpc) is 2.70. The van der Waals surface area contributed by atoms with Gasteiger partial charge in [0.25, 0.3) is 0 Å². The molecule has 3 nitrogen and oxygen atoms in total. The predicted octanol–water partition coefficient (Wildman–Crippen LogP) is 2.05. The van der Waals surface area contributed by atoms with Gasteiger partial charge < -0.3 is 15.8 Å². The fourth-order valence-electron chi connectivity index (χ4n) is 3.09. The third-order valence-electron chi connectivity index (χ3n) is 4.35. The zero-order valence-corrected chi connectivity index (χ0v) is 11.2. The van der Waals surface area contributed by atoms with Gasteiger partial charge in [-0.15, -0.1) is 0 Å². The highest BCUT2D eigenvalue weighted by atomic mass is 16.5. The van der Waals surface area contributed by atoms with Crippen LogP contribution in [0.4, 0.5) is 0 Å². The third kappa shape index (κ3) is 4.23. The second kappa shape index (κ2) is 6.72. The maximum absolute atomic E-state index is 5.87. The SMILES string of the molecule is CC1CCCC(NCC2CCC(CN)O2)CC1. The van der Waals surface area contributed by atoms with Crippen LogP contribution >= 0.6 is 0 Å². The van der Waals surface area contributed by atoms with E-state index in [9.17, 15) is 0 Å². The smallest absolute Gasteiger partial charge is 0.0704 e. The standard InChI is InChI=1S/C14H28N2O/c1-11-3-2-4-12(6-5-11)16-10-14-8-7-13(9-15)17-14/h11-14,16H,2-10,15H2,1H3. The summed E-state index contributed by atoms with van der Waals surface area (Å²) in [5.41, 5.74) is 5.63. The molecule has 0 bridgehead atoms. The second-order valence-electron chi connectivity index (χ2n) is 5.91. The van der Waals surface area contributed by atoms with E-state index in [1.54, 1.807) is 0 Å². The number of rotatable bonds is 4. The molecular weight excluding hydrogens is 212 g/mol. The van der Waals surface area contributed by atoms with Crippen LogP contribution in [0.1, 0.15) is 51.9 Å². The van der Waals surface area contributed by atoms with Gasteiger partial charge in [0.2, 0.25) is 0 Å². The largest absolute Gasteiger partial charge is 0.372 e. The van der Waals surface area contributed by atoms with Gasteiger partial charge in [-0.25, -0.2) is 0 Å². The molecule has 1 heterocycles. The highest BCUT2D eigenvalue weighted by Gasteiger charge is 2.25. The van der Waals surface area contributed by atoms with E-state index in [0.29, 0.717) is 18.8 Å². The molecule has 1 saturated carbocycles. The highest BCUT2D eigenvalue weighted by Crippen LogP contribution is 2.23. The van der Waals surface area contributed by atoms with E-state index >= 15 is 0 Å². The Hall–Kier alpha value is -0.120. The molecule has 0 aromatic carbocycles. The lowest BCUT2D eigenvalue weighted by atomic mass is 10.0. The summed E-state index contributed by atoms with van der Waals surface area (Å²) in [7, 11) is 0. The van der Waals surface area contributed by atoms with Crippen LogP contribution in [0.25, 0.3) is 0 Å². The molecule has 2 rings (SSSR count). The van der Waals surface area contributed by atoms with Crippen LogP contribution in [-0.4, -0.2) is 31.3 Å². The second-order valence-corrected chi connectivity index (χ2v) is 5.91. The van der Waals surface area contributed by atoms with E-state index in [2.05, 4.69) is 12.2 Å². The van der Waals surface area contributed by atoms with Gasteiger partial charge in [-0.1, -0.05) is 19.8 Å².